The Morgan fingerprint density at radius 2 is 2.17 bits per heavy atom. The molecule has 2 aromatic rings. The quantitative estimate of drug-likeness (QED) is 0.592. The maximum Gasteiger partial charge on any atom is 0.144 e. The van der Waals surface area contributed by atoms with Crippen molar-refractivity contribution in [2.45, 2.75) is 6.54 Å². The van der Waals surface area contributed by atoms with Gasteiger partial charge in [0, 0.05) is 23.7 Å². The lowest BCUT2D eigenvalue weighted by Gasteiger charge is -2.01. The molecule has 0 fully saturated rings. The van der Waals surface area contributed by atoms with E-state index < -0.39 is 0 Å². The third-order valence-electron chi connectivity index (χ3n) is 2.00. The van der Waals surface area contributed by atoms with Crippen LogP contribution in [-0.2, 0) is 6.54 Å². The number of fused-ring (bicyclic) bond motifs is 1. The van der Waals surface area contributed by atoms with E-state index in [1.165, 1.54) is 0 Å². The minimum absolute atomic E-state index is 0.264. The van der Waals surface area contributed by atoms with Gasteiger partial charge in [0.1, 0.15) is 5.75 Å². The van der Waals surface area contributed by atoms with Crippen molar-refractivity contribution in [2.75, 3.05) is 0 Å². The minimum Gasteiger partial charge on any atom is -0.505 e. The number of benzene rings is 1. The summed E-state index contributed by atoms with van der Waals surface area (Å²) in [6.07, 6.45) is 1.80. The monoisotopic (exact) mass is 162 g/mol. The van der Waals surface area contributed by atoms with Gasteiger partial charge < -0.3 is 15.8 Å². The van der Waals surface area contributed by atoms with E-state index in [0.717, 1.165) is 16.5 Å². The van der Waals surface area contributed by atoms with E-state index in [9.17, 15) is 5.11 Å². The molecule has 0 radical (unpaired) electrons. The fraction of sp³-hybridized carbons (Fsp3) is 0.111. The Morgan fingerprint density at radius 3 is 2.92 bits per heavy atom. The van der Waals surface area contributed by atoms with Crippen LogP contribution in [-0.4, -0.2) is 10.1 Å². The van der Waals surface area contributed by atoms with Crippen LogP contribution >= 0.6 is 0 Å². The standard InChI is InChI=1S/C9H10N2O/c10-5-7-2-1-6-3-4-11-8(6)9(7)12/h1-4,11-12H,5,10H2. The highest BCUT2D eigenvalue weighted by Gasteiger charge is 2.04. The molecule has 0 bridgehead atoms. The lowest BCUT2D eigenvalue weighted by atomic mass is 10.1. The lowest BCUT2D eigenvalue weighted by Crippen LogP contribution is -1.96. The number of nitrogens with two attached hydrogens (primary N) is 1. The van der Waals surface area contributed by atoms with E-state index >= 15 is 0 Å². The van der Waals surface area contributed by atoms with Crippen molar-refractivity contribution in [1.29, 1.82) is 0 Å². The SMILES string of the molecule is NCc1ccc2cc[nH]c2c1O. The van der Waals surface area contributed by atoms with Crippen LogP contribution in [0.2, 0.25) is 0 Å². The molecule has 3 heteroatoms. The molecule has 1 aromatic heterocycles. The van der Waals surface area contributed by atoms with Crippen molar-refractivity contribution >= 4 is 10.9 Å². The third kappa shape index (κ3) is 0.871. The van der Waals surface area contributed by atoms with E-state index in [2.05, 4.69) is 4.98 Å². The van der Waals surface area contributed by atoms with Gasteiger partial charge in [-0.2, -0.15) is 0 Å². The summed E-state index contributed by atoms with van der Waals surface area (Å²) in [7, 11) is 0. The Labute approximate surface area is 69.8 Å². The molecule has 4 N–H and O–H groups in total. The Balaban J connectivity index is 2.78. The van der Waals surface area contributed by atoms with Crippen LogP contribution in [0, 0.1) is 0 Å². The van der Waals surface area contributed by atoms with E-state index in [1.807, 2.05) is 18.2 Å². The number of hydrogen-bond donors (Lipinski definition) is 3. The van der Waals surface area contributed by atoms with Crippen LogP contribution in [0.15, 0.2) is 24.4 Å². The first-order valence-electron chi connectivity index (χ1n) is 3.81. The molecule has 0 saturated heterocycles. The van der Waals surface area contributed by atoms with Gasteiger partial charge in [-0.15, -0.1) is 0 Å². The van der Waals surface area contributed by atoms with Gasteiger partial charge in [-0.25, -0.2) is 0 Å². The van der Waals surface area contributed by atoms with Gasteiger partial charge in [-0.05, 0) is 6.07 Å². The molecule has 1 heterocycles. The van der Waals surface area contributed by atoms with E-state index in [4.69, 9.17) is 5.73 Å². The highest BCUT2D eigenvalue weighted by atomic mass is 16.3. The van der Waals surface area contributed by atoms with Crippen LogP contribution in [0.1, 0.15) is 5.56 Å². The topological polar surface area (TPSA) is 62.0 Å². The molecule has 0 aliphatic rings. The largest absolute Gasteiger partial charge is 0.505 e. The summed E-state index contributed by atoms with van der Waals surface area (Å²) >= 11 is 0. The Hall–Kier alpha value is -1.48. The van der Waals surface area contributed by atoms with Crippen LogP contribution in [0.3, 0.4) is 0 Å². The second kappa shape index (κ2) is 2.53. The van der Waals surface area contributed by atoms with Gasteiger partial charge in [0.2, 0.25) is 0 Å². The van der Waals surface area contributed by atoms with Crippen molar-refractivity contribution in [2.24, 2.45) is 5.73 Å². The van der Waals surface area contributed by atoms with Gasteiger partial charge in [0.25, 0.3) is 0 Å². The highest BCUT2D eigenvalue weighted by molar-refractivity contribution is 5.86. The zero-order chi connectivity index (χ0) is 8.55. The van der Waals surface area contributed by atoms with Crippen LogP contribution in [0.5, 0.6) is 5.75 Å². The summed E-state index contributed by atoms with van der Waals surface area (Å²) in [5, 5.41) is 10.6. The molecule has 0 aliphatic carbocycles. The van der Waals surface area contributed by atoms with E-state index in [1.54, 1.807) is 6.20 Å². The molecule has 62 valence electrons. The summed E-state index contributed by atoms with van der Waals surface area (Å²) in [6.45, 7) is 0.362. The minimum atomic E-state index is 0.264. The highest BCUT2D eigenvalue weighted by Crippen LogP contribution is 2.26. The molecule has 1 aromatic carbocycles. The normalized spacial score (nSPS) is 10.8. The molecule has 12 heavy (non-hydrogen) atoms. The summed E-state index contributed by atoms with van der Waals surface area (Å²) < 4.78 is 0. The molecule has 3 nitrogen and oxygen atoms in total. The molecule has 0 aliphatic heterocycles. The molecule has 0 atom stereocenters. The molecule has 0 unspecified atom stereocenters. The van der Waals surface area contributed by atoms with E-state index in [-0.39, 0.29) is 5.75 Å². The number of hydrogen-bond acceptors (Lipinski definition) is 2. The molecular weight excluding hydrogens is 152 g/mol. The first-order valence-corrected chi connectivity index (χ1v) is 3.81. The number of H-pyrrole nitrogens is 1. The predicted molar refractivity (Wildman–Crippen MR) is 47.9 cm³/mol. The number of aromatic nitrogens is 1. The van der Waals surface area contributed by atoms with E-state index in [0.29, 0.717) is 6.54 Å². The average Bonchev–Trinajstić information content (AvgIpc) is 2.53. The Bertz CT molecular complexity index is 406. The van der Waals surface area contributed by atoms with Gasteiger partial charge in [-0.1, -0.05) is 12.1 Å². The summed E-state index contributed by atoms with van der Waals surface area (Å²) in [5.41, 5.74) is 6.97. The maximum atomic E-state index is 9.63. The number of phenols is 1. The number of aromatic amines is 1. The molecule has 0 spiro atoms. The molecule has 0 saturated carbocycles. The third-order valence-corrected chi connectivity index (χ3v) is 2.00. The first-order chi connectivity index (χ1) is 5.83. The first kappa shape index (κ1) is 7.18. The molecule has 2 rings (SSSR count). The summed E-state index contributed by atoms with van der Waals surface area (Å²) in [6, 6.07) is 5.69. The van der Waals surface area contributed by atoms with Gasteiger partial charge in [0.05, 0.1) is 5.52 Å². The fourth-order valence-corrected chi connectivity index (χ4v) is 1.32. The maximum absolute atomic E-state index is 9.63. The lowest BCUT2D eigenvalue weighted by molar-refractivity contribution is 0.474. The number of phenolic OH excluding ortho intramolecular Hbond substituents is 1. The van der Waals surface area contributed by atoms with Gasteiger partial charge >= 0.3 is 0 Å². The molecular formula is C9H10N2O. The summed E-state index contributed by atoms with van der Waals surface area (Å²) in [4.78, 5) is 2.96. The second-order valence-electron chi connectivity index (χ2n) is 2.72. The Morgan fingerprint density at radius 1 is 1.33 bits per heavy atom. The predicted octanol–water partition coefficient (Wildman–Crippen LogP) is 1.33. The second-order valence-corrected chi connectivity index (χ2v) is 2.72. The number of rotatable bonds is 1. The average molecular weight is 162 g/mol. The fourth-order valence-electron chi connectivity index (χ4n) is 1.32. The van der Waals surface area contributed by atoms with Crippen molar-refractivity contribution in [3.63, 3.8) is 0 Å². The number of aromatic hydroxyl groups is 1. The van der Waals surface area contributed by atoms with Gasteiger partial charge in [0.15, 0.2) is 0 Å². The van der Waals surface area contributed by atoms with Crippen molar-refractivity contribution in [3.05, 3.63) is 30.0 Å². The van der Waals surface area contributed by atoms with Crippen LogP contribution in [0.4, 0.5) is 0 Å². The van der Waals surface area contributed by atoms with Crippen molar-refractivity contribution in [1.82, 2.24) is 4.98 Å². The molecule has 0 amide bonds. The van der Waals surface area contributed by atoms with Crippen molar-refractivity contribution < 1.29 is 5.11 Å². The number of nitrogens with one attached hydrogen (secondary N) is 1. The Kier molecular flexibility index (Phi) is 1.52. The zero-order valence-electron chi connectivity index (χ0n) is 6.54. The van der Waals surface area contributed by atoms with Crippen LogP contribution < -0.4 is 5.73 Å². The van der Waals surface area contributed by atoms with Gasteiger partial charge in [-0.3, -0.25) is 0 Å². The smallest absolute Gasteiger partial charge is 0.144 e. The van der Waals surface area contributed by atoms with Crippen molar-refractivity contribution in [3.8, 4) is 5.75 Å². The van der Waals surface area contributed by atoms with Crippen LogP contribution in [0.25, 0.3) is 10.9 Å². The summed E-state index contributed by atoms with van der Waals surface area (Å²) in [5.74, 6) is 0.264. The zero-order valence-corrected chi connectivity index (χ0v) is 6.54.